The van der Waals surface area contributed by atoms with E-state index in [-0.39, 0.29) is 5.88 Å². The molecule has 4 aromatic carbocycles. The van der Waals surface area contributed by atoms with E-state index < -0.39 is 0 Å². The summed E-state index contributed by atoms with van der Waals surface area (Å²) in [5.41, 5.74) is 4.26. The van der Waals surface area contributed by atoms with Crippen LogP contribution in [0, 0.1) is 11.3 Å². The normalized spacial score (nSPS) is 10.9. The molecule has 0 aliphatic heterocycles. The van der Waals surface area contributed by atoms with E-state index in [0.717, 1.165) is 32.5 Å². The quantitative estimate of drug-likeness (QED) is 0.152. The van der Waals surface area contributed by atoms with Crippen molar-refractivity contribution in [2.24, 2.45) is 4.99 Å². The van der Waals surface area contributed by atoms with Gasteiger partial charge in [0.25, 0.3) is 0 Å². The van der Waals surface area contributed by atoms with Crippen LogP contribution in [0.15, 0.2) is 105 Å². The minimum Gasteiger partial charge on any atom is -0.497 e. The van der Waals surface area contributed by atoms with Crippen LogP contribution in [-0.2, 0) is 6.61 Å². The maximum Gasteiger partial charge on any atom is 0.238 e. The minimum atomic E-state index is 0.208. The van der Waals surface area contributed by atoms with Crippen LogP contribution in [0.2, 0.25) is 5.02 Å². The van der Waals surface area contributed by atoms with E-state index in [2.05, 4.69) is 27.0 Å². The predicted octanol–water partition coefficient (Wildman–Crippen LogP) is 9.25. The molecule has 0 amide bonds. The molecule has 6 nitrogen and oxygen atoms in total. The lowest BCUT2D eigenvalue weighted by molar-refractivity contribution is 0.304. The van der Waals surface area contributed by atoms with Crippen LogP contribution in [0.3, 0.4) is 0 Å². The third-order valence-corrected chi connectivity index (χ3v) is 7.35. The molecular formula is C33H24BrClN2O4. The molecule has 0 spiro atoms. The zero-order valence-electron chi connectivity index (χ0n) is 22.2. The molecule has 8 heteroatoms. The van der Waals surface area contributed by atoms with Crippen LogP contribution >= 0.6 is 27.5 Å². The van der Waals surface area contributed by atoms with Gasteiger partial charge in [0.05, 0.1) is 18.7 Å². The molecule has 1 aromatic heterocycles. The molecule has 204 valence electrons. The van der Waals surface area contributed by atoms with Crippen molar-refractivity contribution in [3.05, 3.63) is 117 Å². The summed E-state index contributed by atoms with van der Waals surface area (Å²) in [5.74, 6) is 2.84. The van der Waals surface area contributed by atoms with E-state index in [1.165, 1.54) is 0 Å². The third-order valence-electron chi connectivity index (χ3n) is 6.36. The Morgan fingerprint density at radius 3 is 2.17 bits per heavy atom. The summed E-state index contributed by atoms with van der Waals surface area (Å²) in [6.07, 6.45) is 1.65. The van der Waals surface area contributed by atoms with E-state index in [1.807, 2.05) is 91.0 Å². The maximum absolute atomic E-state index is 10.2. The second kappa shape index (κ2) is 12.8. The SMILES string of the molecule is COc1ccc(-c2oc(N=Cc3ccc(OCc4ccccc4Cl)c(Br)c3)c(C#N)c2-c2ccc(OC)cc2)cc1. The summed E-state index contributed by atoms with van der Waals surface area (Å²) in [6, 6.07) is 30.4. The molecule has 0 aliphatic rings. The first-order valence-electron chi connectivity index (χ1n) is 12.6. The molecule has 5 aromatic rings. The average molecular weight is 628 g/mol. The molecule has 41 heavy (non-hydrogen) atoms. The monoisotopic (exact) mass is 626 g/mol. The zero-order chi connectivity index (χ0) is 28.8. The Morgan fingerprint density at radius 2 is 1.56 bits per heavy atom. The Hall–Kier alpha value is -4.51. The molecule has 0 saturated carbocycles. The summed E-state index contributed by atoms with van der Waals surface area (Å²) >= 11 is 9.82. The van der Waals surface area contributed by atoms with E-state index in [1.54, 1.807) is 20.4 Å². The Balaban J connectivity index is 1.47. The molecular weight excluding hydrogens is 604 g/mol. The summed E-state index contributed by atoms with van der Waals surface area (Å²) < 4.78 is 23.6. The van der Waals surface area contributed by atoms with E-state index in [4.69, 9.17) is 30.2 Å². The maximum atomic E-state index is 10.2. The van der Waals surface area contributed by atoms with Gasteiger partial charge >= 0.3 is 0 Å². The predicted molar refractivity (Wildman–Crippen MR) is 165 cm³/mol. The number of methoxy groups -OCH3 is 2. The van der Waals surface area contributed by atoms with Gasteiger partial charge in [0.15, 0.2) is 0 Å². The number of hydrogen-bond donors (Lipinski definition) is 0. The van der Waals surface area contributed by atoms with Crippen LogP contribution in [0.25, 0.3) is 22.5 Å². The summed E-state index contributed by atoms with van der Waals surface area (Å²) in [7, 11) is 3.22. The zero-order valence-corrected chi connectivity index (χ0v) is 24.6. The molecule has 0 N–H and O–H groups in total. The van der Waals surface area contributed by atoms with Crippen LogP contribution in [0.1, 0.15) is 16.7 Å². The second-order valence-corrected chi connectivity index (χ2v) is 10.1. The first-order chi connectivity index (χ1) is 20.0. The van der Waals surface area contributed by atoms with Gasteiger partial charge in [0.2, 0.25) is 5.88 Å². The van der Waals surface area contributed by atoms with Gasteiger partial charge in [-0.25, -0.2) is 4.99 Å². The lowest BCUT2D eigenvalue weighted by Crippen LogP contribution is -1.97. The summed E-state index contributed by atoms with van der Waals surface area (Å²) in [4.78, 5) is 4.58. The number of nitrogens with zero attached hydrogens (tertiary/aromatic N) is 2. The number of ether oxygens (including phenoxy) is 3. The fourth-order valence-corrected chi connectivity index (χ4v) is 4.91. The highest BCUT2D eigenvalue weighted by molar-refractivity contribution is 9.10. The Morgan fingerprint density at radius 1 is 0.902 bits per heavy atom. The van der Waals surface area contributed by atoms with Crippen molar-refractivity contribution in [3.8, 4) is 45.8 Å². The first-order valence-corrected chi connectivity index (χ1v) is 13.7. The molecule has 0 saturated heterocycles. The van der Waals surface area contributed by atoms with Gasteiger partial charge in [-0.2, -0.15) is 5.26 Å². The number of aliphatic imine (C=N–C) groups is 1. The number of benzene rings is 4. The fraction of sp³-hybridized carbons (Fsp3) is 0.0909. The largest absolute Gasteiger partial charge is 0.497 e. The molecule has 0 radical (unpaired) electrons. The van der Waals surface area contributed by atoms with Crippen molar-refractivity contribution in [1.82, 2.24) is 0 Å². The van der Waals surface area contributed by atoms with Gasteiger partial charge in [-0.3, -0.25) is 0 Å². The van der Waals surface area contributed by atoms with Crippen LogP contribution in [-0.4, -0.2) is 20.4 Å². The fourth-order valence-electron chi connectivity index (χ4n) is 4.21. The van der Waals surface area contributed by atoms with Gasteiger partial charge < -0.3 is 18.6 Å². The summed E-state index contributed by atoms with van der Waals surface area (Å²) in [6.45, 7) is 0.339. The lowest BCUT2D eigenvalue weighted by Gasteiger charge is -2.10. The Bertz CT molecular complexity index is 1740. The molecule has 0 fully saturated rings. The average Bonchev–Trinajstić information content (AvgIpc) is 3.38. The van der Waals surface area contributed by atoms with Crippen molar-refractivity contribution >= 4 is 39.6 Å². The number of hydrogen-bond acceptors (Lipinski definition) is 6. The topological polar surface area (TPSA) is 77.0 Å². The van der Waals surface area contributed by atoms with Gasteiger partial charge in [-0.05, 0) is 87.7 Å². The molecule has 0 unspecified atom stereocenters. The standard InChI is InChI=1S/C33H24BrClN2O4/c1-38-25-12-8-22(9-13-25)31-27(18-36)33(41-32(31)23-10-14-26(39-2)15-11-23)37-19-21-7-16-30(28(34)17-21)40-20-24-5-3-4-6-29(24)35/h3-17,19H,20H2,1-2H3. The highest BCUT2D eigenvalue weighted by Crippen LogP contribution is 2.43. The van der Waals surface area contributed by atoms with Crippen molar-refractivity contribution < 1.29 is 18.6 Å². The number of furan rings is 1. The first kappa shape index (κ1) is 28.0. The smallest absolute Gasteiger partial charge is 0.238 e. The number of nitriles is 1. The van der Waals surface area contributed by atoms with Crippen molar-refractivity contribution in [1.29, 1.82) is 5.26 Å². The molecule has 5 rings (SSSR count). The third kappa shape index (κ3) is 6.30. The van der Waals surface area contributed by atoms with E-state index in [9.17, 15) is 5.26 Å². The van der Waals surface area contributed by atoms with Crippen molar-refractivity contribution in [3.63, 3.8) is 0 Å². The van der Waals surface area contributed by atoms with Gasteiger partial charge in [-0.1, -0.05) is 41.9 Å². The van der Waals surface area contributed by atoms with E-state index >= 15 is 0 Å². The molecule has 0 bridgehead atoms. The van der Waals surface area contributed by atoms with Crippen molar-refractivity contribution in [2.75, 3.05) is 14.2 Å². The number of halogens is 2. The van der Waals surface area contributed by atoms with Gasteiger partial charge in [-0.15, -0.1) is 0 Å². The molecule has 1 heterocycles. The van der Waals surface area contributed by atoms with Crippen LogP contribution < -0.4 is 14.2 Å². The highest BCUT2D eigenvalue weighted by Gasteiger charge is 2.23. The van der Waals surface area contributed by atoms with Crippen LogP contribution in [0.5, 0.6) is 17.2 Å². The summed E-state index contributed by atoms with van der Waals surface area (Å²) in [5, 5.41) is 10.8. The Labute approximate surface area is 251 Å². The second-order valence-electron chi connectivity index (χ2n) is 8.88. The minimum absolute atomic E-state index is 0.208. The Kier molecular flexibility index (Phi) is 8.73. The van der Waals surface area contributed by atoms with Gasteiger partial charge in [0, 0.05) is 27.9 Å². The van der Waals surface area contributed by atoms with Gasteiger partial charge in [0.1, 0.15) is 41.2 Å². The number of rotatable bonds is 9. The molecule has 0 aliphatic carbocycles. The van der Waals surface area contributed by atoms with Crippen molar-refractivity contribution in [2.45, 2.75) is 6.61 Å². The van der Waals surface area contributed by atoms with E-state index in [0.29, 0.717) is 40.0 Å². The lowest BCUT2D eigenvalue weighted by atomic mass is 9.98. The highest BCUT2D eigenvalue weighted by atomic mass is 79.9. The molecule has 0 atom stereocenters. The van der Waals surface area contributed by atoms with Crippen LogP contribution in [0.4, 0.5) is 5.88 Å².